The third-order valence-electron chi connectivity index (χ3n) is 7.60. The van der Waals surface area contributed by atoms with Crippen LogP contribution in [0.4, 0.5) is 13.2 Å². The number of ether oxygens (including phenoxy) is 1. The molecule has 0 heterocycles. The molecule has 0 saturated heterocycles. The highest BCUT2D eigenvalue weighted by Crippen LogP contribution is 2.46. The van der Waals surface area contributed by atoms with Gasteiger partial charge in [0.15, 0.2) is 0 Å². The van der Waals surface area contributed by atoms with Gasteiger partial charge in [-0.2, -0.15) is 0 Å². The number of halogens is 3. The minimum atomic E-state index is -4.64. The molecule has 0 aromatic heterocycles. The third kappa shape index (κ3) is 6.52. The summed E-state index contributed by atoms with van der Waals surface area (Å²) in [6.07, 6.45) is 11.6. The van der Waals surface area contributed by atoms with E-state index in [0.717, 1.165) is 29.7 Å². The first-order valence-corrected chi connectivity index (χ1v) is 11.9. The lowest BCUT2D eigenvalue weighted by Gasteiger charge is -2.40. The van der Waals surface area contributed by atoms with Crippen LogP contribution >= 0.6 is 0 Å². The van der Waals surface area contributed by atoms with Crippen LogP contribution < -0.4 is 4.74 Å². The molecule has 1 atom stereocenters. The zero-order chi connectivity index (χ0) is 21.6. The van der Waals surface area contributed by atoms with Gasteiger partial charge >= 0.3 is 6.36 Å². The molecule has 4 heteroatoms. The van der Waals surface area contributed by atoms with Crippen LogP contribution in [-0.4, -0.2) is 6.36 Å². The molecule has 1 aromatic carbocycles. The topological polar surface area (TPSA) is 9.23 Å². The lowest BCUT2D eigenvalue weighted by atomic mass is 9.66. The monoisotopic (exact) mass is 422 g/mol. The van der Waals surface area contributed by atoms with E-state index in [2.05, 4.69) is 18.2 Å². The first-order chi connectivity index (χ1) is 14.4. The molecule has 1 aromatic rings. The standard InChI is InChI=1S/C26H37F3O/c1-3-5-19-7-9-20(10-8-19)21-11-13-22(14-12-21)25(6-4-2)23-15-17-24(18-16-23)30-26(27,28)29/h4,15-22,25H,2-3,5-14H2,1H3. The minimum absolute atomic E-state index is 0.147. The Morgan fingerprint density at radius 3 is 2.03 bits per heavy atom. The summed E-state index contributed by atoms with van der Waals surface area (Å²) in [4.78, 5) is 0. The van der Waals surface area contributed by atoms with E-state index in [1.165, 1.54) is 76.3 Å². The van der Waals surface area contributed by atoms with Gasteiger partial charge < -0.3 is 4.74 Å². The summed E-state index contributed by atoms with van der Waals surface area (Å²) in [5, 5.41) is 0. The van der Waals surface area contributed by atoms with Crippen molar-refractivity contribution in [2.75, 3.05) is 0 Å². The Balaban J connectivity index is 1.55. The lowest BCUT2D eigenvalue weighted by Crippen LogP contribution is -2.27. The molecule has 168 valence electrons. The molecule has 0 amide bonds. The van der Waals surface area contributed by atoms with E-state index in [-0.39, 0.29) is 5.75 Å². The highest BCUT2D eigenvalue weighted by molar-refractivity contribution is 5.30. The van der Waals surface area contributed by atoms with Gasteiger partial charge in [-0.15, -0.1) is 19.8 Å². The molecule has 3 rings (SSSR count). The zero-order valence-electron chi connectivity index (χ0n) is 18.3. The molecule has 0 radical (unpaired) electrons. The van der Waals surface area contributed by atoms with Crippen LogP contribution in [0.5, 0.6) is 5.75 Å². The number of allylic oxidation sites excluding steroid dienone is 1. The minimum Gasteiger partial charge on any atom is -0.406 e. The molecular weight excluding hydrogens is 385 g/mol. The Morgan fingerprint density at radius 1 is 0.967 bits per heavy atom. The van der Waals surface area contributed by atoms with Crippen molar-refractivity contribution >= 4 is 0 Å². The van der Waals surface area contributed by atoms with E-state index >= 15 is 0 Å². The van der Waals surface area contributed by atoms with E-state index in [9.17, 15) is 13.2 Å². The summed E-state index contributed by atoms with van der Waals surface area (Å²) >= 11 is 0. The Morgan fingerprint density at radius 2 is 1.53 bits per heavy atom. The van der Waals surface area contributed by atoms with Crippen LogP contribution in [0.25, 0.3) is 0 Å². The van der Waals surface area contributed by atoms with Crippen LogP contribution in [0, 0.1) is 23.7 Å². The Labute approximate surface area is 180 Å². The number of hydrogen-bond donors (Lipinski definition) is 0. The van der Waals surface area contributed by atoms with Gasteiger partial charge in [0, 0.05) is 0 Å². The summed E-state index contributed by atoms with van der Waals surface area (Å²) in [5.74, 6) is 3.52. The predicted octanol–water partition coefficient (Wildman–Crippen LogP) is 8.66. The fraction of sp³-hybridized carbons (Fsp3) is 0.692. The first kappa shape index (κ1) is 23.2. The fourth-order valence-electron chi connectivity index (χ4n) is 6.07. The van der Waals surface area contributed by atoms with Gasteiger partial charge in [-0.3, -0.25) is 0 Å². The molecule has 1 nitrogen and oxygen atoms in total. The molecular formula is C26H37F3O. The molecule has 1 unspecified atom stereocenters. The maximum atomic E-state index is 12.4. The number of hydrogen-bond acceptors (Lipinski definition) is 1. The number of rotatable bonds is 8. The molecule has 2 saturated carbocycles. The Hall–Kier alpha value is -1.45. The van der Waals surface area contributed by atoms with Crippen molar-refractivity contribution in [1.82, 2.24) is 0 Å². The fourth-order valence-corrected chi connectivity index (χ4v) is 6.07. The van der Waals surface area contributed by atoms with Crippen LogP contribution in [0.3, 0.4) is 0 Å². The van der Waals surface area contributed by atoms with E-state index < -0.39 is 6.36 Å². The highest BCUT2D eigenvalue weighted by Gasteiger charge is 2.34. The van der Waals surface area contributed by atoms with Gasteiger partial charge in [0.05, 0.1) is 0 Å². The van der Waals surface area contributed by atoms with Gasteiger partial charge in [0.25, 0.3) is 0 Å². The highest BCUT2D eigenvalue weighted by atomic mass is 19.4. The number of benzene rings is 1. The lowest BCUT2D eigenvalue weighted by molar-refractivity contribution is -0.274. The van der Waals surface area contributed by atoms with Crippen molar-refractivity contribution in [3.8, 4) is 5.75 Å². The normalized spacial score (nSPS) is 28.7. The molecule has 2 aliphatic rings. The van der Waals surface area contributed by atoms with Crippen molar-refractivity contribution in [3.63, 3.8) is 0 Å². The summed E-state index contributed by atoms with van der Waals surface area (Å²) in [7, 11) is 0. The van der Waals surface area contributed by atoms with Crippen LogP contribution in [0.1, 0.15) is 89.0 Å². The second-order valence-corrected chi connectivity index (χ2v) is 9.49. The Bertz CT molecular complexity index is 635. The Kier molecular flexibility index (Phi) is 8.30. The summed E-state index contributed by atoms with van der Waals surface area (Å²) < 4.78 is 41.3. The molecule has 0 bridgehead atoms. The van der Waals surface area contributed by atoms with Gasteiger partial charge in [0.2, 0.25) is 0 Å². The van der Waals surface area contributed by atoms with Gasteiger partial charge in [0.1, 0.15) is 5.75 Å². The van der Waals surface area contributed by atoms with Crippen LogP contribution in [-0.2, 0) is 0 Å². The van der Waals surface area contributed by atoms with E-state index in [0.29, 0.717) is 11.8 Å². The maximum absolute atomic E-state index is 12.4. The van der Waals surface area contributed by atoms with Crippen LogP contribution in [0.2, 0.25) is 0 Å². The zero-order valence-corrected chi connectivity index (χ0v) is 18.3. The van der Waals surface area contributed by atoms with Gasteiger partial charge in [-0.1, -0.05) is 50.8 Å². The SMILES string of the molecule is C=CCC(c1ccc(OC(F)(F)F)cc1)C1CCC(C2CCC(CCC)CC2)CC1. The smallest absolute Gasteiger partial charge is 0.406 e. The van der Waals surface area contributed by atoms with Crippen molar-refractivity contribution in [2.45, 2.75) is 89.8 Å². The van der Waals surface area contributed by atoms with E-state index in [1.54, 1.807) is 12.1 Å². The average molecular weight is 423 g/mol. The number of alkyl halides is 3. The van der Waals surface area contributed by atoms with Gasteiger partial charge in [-0.25, -0.2) is 0 Å². The molecule has 30 heavy (non-hydrogen) atoms. The maximum Gasteiger partial charge on any atom is 0.573 e. The average Bonchev–Trinajstić information content (AvgIpc) is 2.73. The van der Waals surface area contributed by atoms with Crippen LogP contribution in [0.15, 0.2) is 36.9 Å². The first-order valence-electron chi connectivity index (χ1n) is 11.9. The van der Waals surface area contributed by atoms with E-state index in [1.807, 2.05) is 6.08 Å². The van der Waals surface area contributed by atoms with Crippen molar-refractivity contribution in [3.05, 3.63) is 42.5 Å². The molecule has 2 fully saturated rings. The molecule has 0 spiro atoms. The quantitative estimate of drug-likeness (QED) is 0.381. The van der Waals surface area contributed by atoms with Gasteiger partial charge in [-0.05, 0) is 92.2 Å². The summed E-state index contributed by atoms with van der Waals surface area (Å²) in [5.41, 5.74) is 1.10. The molecule has 0 aliphatic heterocycles. The second kappa shape index (κ2) is 10.7. The second-order valence-electron chi connectivity index (χ2n) is 9.49. The summed E-state index contributed by atoms with van der Waals surface area (Å²) in [6, 6.07) is 6.49. The molecule has 2 aliphatic carbocycles. The molecule has 0 N–H and O–H groups in total. The summed E-state index contributed by atoms with van der Waals surface area (Å²) in [6.45, 7) is 6.22. The van der Waals surface area contributed by atoms with E-state index in [4.69, 9.17) is 0 Å². The third-order valence-corrected chi connectivity index (χ3v) is 7.60. The van der Waals surface area contributed by atoms with Crippen molar-refractivity contribution in [2.24, 2.45) is 23.7 Å². The van der Waals surface area contributed by atoms with Crippen molar-refractivity contribution < 1.29 is 17.9 Å². The van der Waals surface area contributed by atoms with Crippen molar-refractivity contribution in [1.29, 1.82) is 0 Å². The largest absolute Gasteiger partial charge is 0.573 e. The predicted molar refractivity (Wildman–Crippen MR) is 116 cm³/mol.